The van der Waals surface area contributed by atoms with Gasteiger partial charge in [-0.1, -0.05) is 67.9 Å². The quantitative estimate of drug-likeness (QED) is 0.134. The van der Waals surface area contributed by atoms with Crippen molar-refractivity contribution in [1.29, 1.82) is 0 Å². The Morgan fingerprint density at radius 3 is 2.35 bits per heavy atom. The fourth-order valence-electron chi connectivity index (χ4n) is 6.11. The van der Waals surface area contributed by atoms with Gasteiger partial charge in [-0.05, 0) is 78.4 Å². The number of hydrogen-bond acceptors (Lipinski definition) is 4. The van der Waals surface area contributed by atoms with Gasteiger partial charge in [0.15, 0.2) is 5.78 Å². The molecule has 0 spiro atoms. The summed E-state index contributed by atoms with van der Waals surface area (Å²) in [7, 11) is 0. The van der Waals surface area contributed by atoms with Crippen LogP contribution in [0.1, 0.15) is 117 Å². The van der Waals surface area contributed by atoms with Crippen molar-refractivity contribution in [3.05, 3.63) is 77.7 Å². The minimum atomic E-state index is -0.377. The molecule has 2 aromatic carbocycles. The van der Waals surface area contributed by atoms with Crippen LogP contribution in [-0.2, 0) is 24.9 Å². The summed E-state index contributed by atoms with van der Waals surface area (Å²) in [5.41, 5.74) is 2.26. The van der Waals surface area contributed by atoms with Crippen molar-refractivity contribution in [3.8, 4) is 11.6 Å². The predicted molar refractivity (Wildman–Crippen MR) is 173 cm³/mol. The number of para-hydroxylation sites is 1. The minimum absolute atomic E-state index is 0. The summed E-state index contributed by atoms with van der Waals surface area (Å²) in [5, 5.41) is 12.3. The Bertz CT molecular complexity index is 1410. The van der Waals surface area contributed by atoms with Crippen molar-refractivity contribution in [2.45, 2.75) is 106 Å². The molecule has 3 atom stereocenters. The summed E-state index contributed by atoms with van der Waals surface area (Å²) in [6.07, 6.45) is 10.7. The molecule has 43 heavy (non-hydrogen) atoms. The molecule has 2 saturated carbocycles. The average molecular weight is 761 g/mol. The maximum absolute atomic E-state index is 11.8. The first-order valence-corrected chi connectivity index (χ1v) is 15.9. The van der Waals surface area contributed by atoms with Crippen LogP contribution < -0.4 is 4.74 Å². The Morgan fingerprint density at radius 1 is 1.07 bits per heavy atom. The minimum Gasteiger partial charge on any atom is -0.512 e. The van der Waals surface area contributed by atoms with Crippen LogP contribution in [0.4, 0.5) is 0 Å². The molecule has 0 saturated heterocycles. The van der Waals surface area contributed by atoms with Gasteiger partial charge in [0.25, 0.3) is 0 Å². The summed E-state index contributed by atoms with van der Waals surface area (Å²) < 4.78 is 5.92. The van der Waals surface area contributed by atoms with Gasteiger partial charge < -0.3 is 9.84 Å². The number of ether oxygens (including phenoxy) is 1. The zero-order valence-corrected chi connectivity index (χ0v) is 29.7. The topological polar surface area (TPSA) is 59.4 Å². The first kappa shape index (κ1) is 35.0. The predicted octanol–water partition coefficient (Wildman–Crippen LogP) is 10.7. The Balaban J connectivity index is 0.000000274. The van der Waals surface area contributed by atoms with E-state index in [4.69, 9.17) is 4.74 Å². The number of rotatable bonds is 9. The van der Waals surface area contributed by atoms with Gasteiger partial charge in [-0.15, -0.1) is 12.1 Å². The number of carbonyl (C=O) groups is 1. The van der Waals surface area contributed by atoms with E-state index in [9.17, 15) is 9.90 Å². The number of ketones is 1. The molecule has 1 heterocycles. The second-order valence-electron chi connectivity index (χ2n) is 14.0. The van der Waals surface area contributed by atoms with E-state index in [1.807, 2.05) is 72.0 Å². The van der Waals surface area contributed by atoms with Crippen LogP contribution in [-0.4, -0.2) is 15.9 Å². The van der Waals surface area contributed by atoms with E-state index in [-0.39, 0.29) is 42.5 Å². The van der Waals surface area contributed by atoms with E-state index in [2.05, 4.69) is 43.1 Å². The molecule has 2 aliphatic carbocycles. The van der Waals surface area contributed by atoms with Gasteiger partial charge in [0.1, 0.15) is 5.76 Å². The molecule has 1 N–H and O–H groups in total. The summed E-state index contributed by atoms with van der Waals surface area (Å²) in [4.78, 5) is 16.4. The average Bonchev–Trinajstić information content (AvgIpc) is 3.61. The summed E-state index contributed by atoms with van der Waals surface area (Å²) in [5.74, 6) is 4.63. The van der Waals surface area contributed by atoms with Gasteiger partial charge in [0, 0.05) is 60.4 Å². The normalized spacial score (nSPS) is 20.0. The Hall–Kier alpha value is -2.49. The number of nitrogens with zero attached hydrogens (tertiary/aromatic N) is 1. The van der Waals surface area contributed by atoms with Gasteiger partial charge in [-0.2, -0.15) is 18.2 Å². The van der Waals surface area contributed by atoms with Gasteiger partial charge >= 0.3 is 0 Å². The number of allylic oxidation sites excluding steroid dienone is 2. The van der Waals surface area contributed by atoms with Crippen LogP contribution in [0.15, 0.2) is 60.5 Å². The first-order chi connectivity index (χ1) is 19.8. The van der Waals surface area contributed by atoms with Crippen molar-refractivity contribution in [3.63, 3.8) is 0 Å². The van der Waals surface area contributed by atoms with Crippen molar-refractivity contribution in [2.24, 2.45) is 22.7 Å². The molecule has 4 nitrogen and oxygen atoms in total. The summed E-state index contributed by atoms with van der Waals surface area (Å²) in [6.45, 7) is 16.2. The molecule has 0 amide bonds. The molecule has 2 bridgehead atoms. The third-order valence-corrected chi connectivity index (χ3v) is 9.94. The zero-order chi connectivity index (χ0) is 30.7. The third kappa shape index (κ3) is 8.37. The molecule has 1 aromatic heterocycles. The Morgan fingerprint density at radius 2 is 1.79 bits per heavy atom. The van der Waals surface area contributed by atoms with E-state index in [1.54, 1.807) is 0 Å². The van der Waals surface area contributed by atoms with E-state index >= 15 is 0 Å². The maximum Gasteiger partial charge on any atom is 0.217 e. The fourth-order valence-corrected chi connectivity index (χ4v) is 6.11. The molecular formula is C38H50IrNO3-. The molecule has 235 valence electrons. The monoisotopic (exact) mass is 761 g/mol. The third-order valence-electron chi connectivity index (χ3n) is 9.94. The number of carbonyl (C=O) groups excluding carboxylic acids is 1. The molecule has 5 heteroatoms. The number of fused-ring (bicyclic) bond motifs is 3. The maximum atomic E-state index is 11.8. The van der Waals surface area contributed by atoms with Gasteiger partial charge in [-0.25, -0.2) is 4.98 Å². The number of pyridine rings is 1. The van der Waals surface area contributed by atoms with E-state index in [1.165, 1.54) is 53.7 Å². The molecule has 3 unspecified atom stereocenters. The molecular weight excluding hydrogens is 711 g/mol. The van der Waals surface area contributed by atoms with Crippen molar-refractivity contribution in [2.75, 3.05) is 0 Å². The number of hydrogen-bond donors (Lipinski definition) is 1. The van der Waals surface area contributed by atoms with E-state index in [0.717, 1.165) is 30.6 Å². The standard InChI is InChI=1S/C25H26NO.C13H24O2.Ir/c1-16(2)22-13-19(23-11-17-8-9-18(23)10-17)12-20-15-26-25(14-24(20)22)27-21-6-4-3-5-7-21;1-7-12(3,4)10(14)9-11(15)13(5,6)8-2;/h3-6,12-18,23H,8-11H2,1-2H3;9,14H,7-8H2,1-6H3;/q-1;;/b;10-9-;. The molecule has 2 aliphatic rings. The number of aliphatic hydroxyl groups excluding tert-OH is 1. The van der Waals surface area contributed by atoms with Crippen LogP contribution >= 0.6 is 0 Å². The Labute approximate surface area is 273 Å². The zero-order valence-electron chi connectivity index (χ0n) is 27.3. The van der Waals surface area contributed by atoms with E-state index in [0.29, 0.717) is 17.5 Å². The number of aliphatic hydroxyl groups is 1. The smallest absolute Gasteiger partial charge is 0.217 e. The molecule has 5 rings (SSSR count). The first-order valence-electron chi connectivity index (χ1n) is 15.9. The fraction of sp³-hybridized carbons (Fsp3) is 0.526. The van der Waals surface area contributed by atoms with Crippen molar-refractivity contribution >= 4 is 16.6 Å². The van der Waals surface area contributed by atoms with Gasteiger partial charge in [0.2, 0.25) is 5.88 Å². The van der Waals surface area contributed by atoms with Crippen LogP contribution in [0.2, 0.25) is 0 Å². The molecule has 0 aliphatic heterocycles. The van der Waals surface area contributed by atoms with Crippen LogP contribution in [0.25, 0.3) is 10.8 Å². The SMILES string of the molecule is CC(C)c1cc(C2CC3CCC2C3)cc2cnc(Oc3[c-]cccc3)cc12.CCC(C)(C)C(=O)/C=C(\O)C(C)(C)CC.[Ir]. The van der Waals surface area contributed by atoms with Crippen LogP contribution in [0.5, 0.6) is 11.6 Å². The van der Waals surface area contributed by atoms with Crippen LogP contribution in [0, 0.1) is 28.7 Å². The van der Waals surface area contributed by atoms with Gasteiger partial charge in [0.05, 0.1) is 0 Å². The van der Waals surface area contributed by atoms with Crippen molar-refractivity contribution < 1.29 is 34.7 Å². The van der Waals surface area contributed by atoms with E-state index < -0.39 is 0 Å². The van der Waals surface area contributed by atoms with Crippen LogP contribution in [0.3, 0.4) is 0 Å². The van der Waals surface area contributed by atoms with Crippen molar-refractivity contribution in [1.82, 2.24) is 4.98 Å². The second kappa shape index (κ2) is 14.5. The number of aromatic nitrogens is 1. The Kier molecular flexibility index (Phi) is 11.8. The molecule has 2 fully saturated rings. The summed E-state index contributed by atoms with van der Waals surface area (Å²) >= 11 is 0. The molecule has 1 radical (unpaired) electrons. The summed E-state index contributed by atoms with van der Waals surface area (Å²) in [6, 6.07) is 17.7. The number of benzene rings is 2. The second-order valence-corrected chi connectivity index (χ2v) is 14.0. The van der Waals surface area contributed by atoms with Gasteiger partial charge in [-0.3, -0.25) is 4.79 Å². The molecule has 3 aromatic rings. The largest absolute Gasteiger partial charge is 0.512 e.